The van der Waals surface area contributed by atoms with Gasteiger partial charge in [0.05, 0.1) is 13.2 Å². The third kappa shape index (κ3) is 9.68. The summed E-state index contributed by atoms with van der Waals surface area (Å²) in [5, 5.41) is 9.98. The molecule has 0 radical (unpaired) electrons. The maximum Gasteiger partial charge on any atom is 0.221 e. The average Bonchev–Trinajstić information content (AvgIpc) is 2.76. The highest BCUT2D eigenvalue weighted by Crippen LogP contribution is 2.19. The smallest absolute Gasteiger partial charge is 0.221 e. The molecular formula is C22H44IN5O2. The van der Waals surface area contributed by atoms with Gasteiger partial charge < -0.3 is 20.7 Å². The second kappa shape index (κ2) is 16.1. The van der Waals surface area contributed by atoms with Crippen molar-refractivity contribution in [3.8, 4) is 0 Å². The zero-order valence-electron chi connectivity index (χ0n) is 19.3. The van der Waals surface area contributed by atoms with Gasteiger partial charge in [0.15, 0.2) is 5.96 Å². The lowest BCUT2D eigenvalue weighted by Gasteiger charge is -2.39. The van der Waals surface area contributed by atoms with Crippen LogP contribution in [-0.4, -0.2) is 75.3 Å². The third-order valence-electron chi connectivity index (χ3n) is 6.42. The monoisotopic (exact) mass is 537 g/mol. The predicted octanol–water partition coefficient (Wildman–Crippen LogP) is 2.75. The lowest BCUT2D eigenvalue weighted by Crippen LogP contribution is -2.53. The van der Waals surface area contributed by atoms with Crippen LogP contribution in [0.1, 0.15) is 65.2 Å². The Hall–Kier alpha value is -0.610. The van der Waals surface area contributed by atoms with Crippen LogP contribution in [0.15, 0.2) is 4.99 Å². The molecule has 2 aliphatic rings. The molecular weight excluding hydrogens is 493 g/mol. The molecule has 30 heavy (non-hydrogen) atoms. The highest BCUT2D eigenvalue weighted by molar-refractivity contribution is 14.0. The van der Waals surface area contributed by atoms with Gasteiger partial charge in [-0.3, -0.25) is 14.7 Å². The van der Waals surface area contributed by atoms with Crippen LogP contribution in [0.3, 0.4) is 0 Å². The molecule has 1 aliphatic carbocycles. The van der Waals surface area contributed by atoms with Gasteiger partial charge >= 0.3 is 0 Å². The number of amides is 1. The predicted molar refractivity (Wildman–Crippen MR) is 135 cm³/mol. The normalized spacial score (nSPS) is 19.8. The number of nitrogens with one attached hydrogen (secondary N) is 3. The summed E-state index contributed by atoms with van der Waals surface area (Å²) in [6, 6.07) is 0.852. The van der Waals surface area contributed by atoms with Crippen LogP contribution in [0.5, 0.6) is 0 Å². The Morgan fingerprint density at radius 3 is 2.37 bits per heavy atom. The number of nitrogens with zero attached hydrogens (tertiary/aromatic N) is 2. The molecule has 2 rings (SSSR count). The first-order valence-electron chi connectivity index (χ1n) is 11.7. The first-order valence-corrected chi connectivity index (χ1v) is 11.7. The summed E-state index contributed by atoms with van der Waals surface area (Å²) in [7, 11) is 1.79. The molecule has 0 aromatic carbocycles. The quantitative estimate of drug-likeness (QED) is 0.227. The van der Waals surface area contributed by atoms with E-state index in [1.54, 1.807) is 7.05 Å². The van der Waals surface area contributed by atoms with Crippen molar-refractivity contribution in [3.05, 3.63) is 0 Å². The zero-order valence-corrected chi connectivity index (χ0v) is 21.6. The fourth-order valence-electron chi connectivity index (χ4n) is 4.60. The number of aliphatic imine (C=N–C) groups is 1. The molecule has 1 atom stereocenters. The van der Waals surface area contributed by atoms with Gasteiger partial charge in [0.25, 0.3) is 0 Å². The van der Waals surface area contributed by atoms with Gasteiger partial charge in [-0.05, 0) is 18.8 Å². The highest BCUT2D eigenvalue weighted by atomic mass is 127. The van der Waals surface area contributed by atoms with E-state index in [2.05, 4.69) is 39.7 Å². The van der Waals surface area contributed by atoms with Gasteiger partial charge in [-0.1, -0.05) is 46.0 Å². The summed E-state index contributed by atoms with van der Waals surface area (Å²) in [6.45, 7) is 9.65. The number of hydrogen-bond donors (Lipinski definition) is 3. The zero-order chi connectivity index (χ0) is 20.9. The van der Waals surface area contributed by atoms with Gasteiger partial charge in [0.1, 0.15) is 0 Å². The molecule has 0 aromatic rings. The van der Waals surface area contributed by atoms with E-state index < -0.39 is 0 Å². The van der Waals surface area contributed by atoms with E-state index in [9.17, 15) is 4.79 Å². The molecule has 176 valence electrons. The summed E-state index contributed by atoms with van der Waals surface area (Å²) in [5.74, 6) is 1.57. The second-order valence-corrected chi connectivity index (χ2v) is 8.32. The van der Waals surface area contributed by atoms with E-state index in [-0.39, 0.29) is 29.9 Å². The Morgan fingerprint density at radius 1 is 1.10 bits per heavy atom. The van der Waals surface area contributed by atoms with E-state index in [1.165, 1.54) is 32.1 Å². The Balaban J connectivity index is 0.00000450. The molecule has 1 heterocycles. The van der Waals surface area contributed by atoms with Crippen LogP contribution >= 0.6 is 24.0 Å². The summed E-state index contributed by atoms with van der Waals surface area (Å²) in [4.78, 5) is 19.1. The molecule has 2 fully saturated rings. The number of carbonyl (C=O) groups excluding carboxylic acids is 1. The van der Waals surface area contributed by atoms with Crippen molar-refractivity contribution in [1.29, 1.82) is 0 Å². The minimum Gasteiger partial charge on any atom is -0.379 e. The molecule has 7 nitrogen and oxygen atoms in total. The first-order chi connectivity index (χ1) is 14.2. The molecule has 0 aromatic heterocycles. The van der Waals surface area contributed by atoms with Gasteiger partial charge in [-0.2, -0.15) is 0 Å². The Morgan fingerprint density at radius 2 is 1.77 bits per heavy atom. The Bertz CT molecular complexity index is 490. The van der Waals surface area contributed by atoms with Crippen LogP contribution in [0.25, 0.3) is 0 Å². The maximum atomic E-state index is 12.2. The minimum absolute atomic E-state index is 0. The number of rotatable bonds is 10. The SMILES string of the molecule is CCC(CC)C(CNC(=NC)NCCC(=O)NC1CCCCC1)N1CCOCC1.I. The van der Waals surface area contributed by atoms with Crippen LogP contribution in [0.4, 0.5) is 0 Å². The Labute approximate surface area is 200 Å². The lowest BCUT2D eigenvalue weighted by atomic mass is 9.92. The molecule has 0 bridgehead atoms. The number of morpholine rings is 1. The molecule has 1 saturated heterocycles. The van der Waals surface area contributed by atoms with Gasteiger partial charge in [0, 0.05) is 51.7 Å². The topological polar surface area (TPSA) is 78.0 Å². The van der Waals surface area contributed by atoms with Crippen molar-refractivity contribution in [2.75, 3.05) is 46.4 Å². The first kappa shape index (κ1) is 27.4. The van der Waals surface area contributed by atoms with Crippen LogP contribution in [0, 0.1) is 5.92 Å². The fourth-order valence-corrected chi connectivity index (χ4v) is 4.60. The van der Waals surface area contributed by atoms with Crippen molar-refractivity contribution in [1.82, 2.24) is 20.9 Å². The lowest BCUT2D eigenvalue weighted by molar-refractivity contribution is -0.121. The molecule has 1 aliphatic heterocycles. The molecule has 0 spiro atoms. The highest BCUT2D eigenvalue weighted by Gasteiger charge is 2.27. The fraction of sp³-hybridized carbons (Fsp3) is 0.909. The van der Waals surface area contributed by atoms with Crippen molar-refractivity contribution < 1.29 is 9.53 Å². The molecule has 8 heteroatoms. The standard InChI is InChI=1S/C22H43N5O2.HI/c1-4-18(5-2)20(27-13-15-29-16-14-27)17-25-22(23-3)24-12-11-21(28)26-19-9-7-6-8-10-19;/h18-20H,4-17H2,1-3H3,(H,26,28)(H2,23,24,25);1H. The van der Waals surface area contributed by atoms with Crippen LogP contribution in [-0.2, 0) is 9.53 Å². The summed E-state index contributed by atoms with van der Waals surface area (Å²) in [5.41, 5.74) is 0. The second-order valence-electron chi connectivity index (χ2n) is 8.32. The maximum absolute atomic E-state index is 12.2. The number of ether oxygens (including phenoxy) is 1. The van der Waals surface area contributed by atoms with E-state index in [4.69, 9.17) is 4.74 Å². The summed E-state index contributed by atoms with van der Waals surface area (Å²) >= 11 is 0. The number of halogens is 1. The minimum atomic E-state index is 0. The molecule has 1 saturated carbocycles. The van der Waals surface area contributed by atoms with Crippen LogP contribution < -0.4 is 16.0 Å². The number of hydrogen-bond acceptors (Lipinski definition) is 4. The van der Waals surface area contributed by atoms with E-state index in [0.29, 0.717) is 31.0 Å². The average molecular weight is 538 g/mol. The van der Waals surface area contributed by atoms with Crippen molar-refractivity contribution in [3.63, 3.8) is 0 Å². The van der Waals surface area contributed by atoms with E-state index in [1.807, 2.05) is 0 Å². The molecule has 3 N–H and O–H groups in total. The Kier molecular flexibility index (Phi) is 14.7. The molecule has 1 amide bonds. The van der Waals surface area contributed by atoms with Gasteiger partial charge in [0.2, 0.25) is 5.91 Å². The number of guanidine groups is 1. The third-order valence-corrected chi connectivity index (χ3v) is 6.42. The molecule has 1 unspecified atom stereocenters. The van der Waals surface area contributed by atoms with Gasteiger partial charge in [-0.25, -0.2) is 0 Å². The summed E-state index contributed by atoms with van der Waals surface area (Å²) < 4.78 is 5.54. The van der Waals surface area contributed by atoms with Gasteiger partial charge in [-0.15, -0.1) is 24.0 Å². The van der Waals surface area contributed by atoms with Crippen molar-refractivity contribution >= 4 is 35.8 Å². The van der Waals surface area contributed by atoms with Crippen molar-refractivity contribution in [2.45, 2.75) is 77.3 Å². The largest absolute Gasteiger partial charge is 0.379 e. The number of carbonyl (C=O) groups is 1. The van der Waals surface area contributed by atoms with Crippen LogP contribution in [0.2, 0.25) is 0 Å². The van der Waals surface area contributed by atoms with E-state index >= 15 is 0 Å². The van der Waals surface area contributed by atoms with E-state index in [0.717, 1.165) is 51.6 Å². The summed E-state index contributed by atoms with van der Waals surface area (Å²) in [6.07, 6.45) is 8.86. The van der Waals surface area contributed by atoms with Crippen molar-refractivity contribution in [2.24, 2.45) is 10.9 Å².